The van der Waals surface area contributed by atoms with Crippen LogP contribution in [0.4, 0.5) is 20.6 Å². The average Bonchev–Trinajstić information content (AvgIpc) is 3.08. The Balaban J connectivity index is 1.16. The number of nitriles is 1. The molecule has 1 aliphatic rings. The highest BCUT2D eigenvalue weighted by Gasteiger charge is 2.17. The largest absolute Gasteiger partial charge is 0.369 e. The summed E-state index contributed by atoms with van der Waals surface area (Å²) in [5, 5.41) is 17.9. The van der Waals surface area contributed by atoms with Crippen LogP contribution in [0.5, 0.6) is 0 Å². The van der Waals surface area contributed by atoms with Gasteiger partial charge in [0.05, 0.1) is 17.3 Å². The number of carbonyl (C=O) groups excluding carboxylic acids is 1. The maximum absolute atomic E-state index is 13.5. The van der Waals surface area contributed by atoms with Gasteiger partial charge in [-0.3, -0.25) is 0 Å². The molecule has 0 radical (unpaired) electrons. The second-order valence-electron chi connectivity index (χ2n) is 8.22. The molecule has 33 heavy (non-hydrogen) atoms. The second kappa shape index (κ2) is 11.1. The van der Waals surface area contributed by atoms with Crippen LogP contribution in [0, 0.1) is 17.1 Å². The summed E-state index contributed by atoms with van der Waals surface area (Å²) in [4.78, 5) is 17.0. The molecule has 1 fully saturated rings. The van der Waals surface area contributed by atoms with Crippen LogP contribution in [0.3, 0.4) is 0 Å². The van der Waals surface area contributed by atoms with E-state index in [2.05, 4.69) is 31.9 Å². The van der Waals surface area contributed by atoms with E-state index in [4.69, 9.17) is 5.26 Å². The molecule has 1 aliphatic heterocycles. The van der Waals surface area contributed by atoms with Gasteiger partial charge in [-0.05, 0) is 68.8 Å². The third kappa shape index (κ3) is 6.21. The van der Waals surface area contributed by atoms with Gasteiger partial charge in [0.25, 0.3) is 0 Å². The Labute approximate surface area is 197 Å². The van der Waals surface area contributed by atoms with Crippen molar-refractivity contribution in [2.75, 3.05) is 49.5 Å². The minimum Gasteiger partial charge on any atom is -0.369 e. The highest BCUT2D eigenvalue weighted by Crippen LogP contribution is 2.34. The van der Waals surface area contributed by atoms with Gasteiger partial charge >= 0.3 is 6.03 Å². The lowest BCUT2D eigenvalue weighted by molar-refractivity contribution is 0.251. The van der Waals surface area contributed by atoms with E-state index in [1.165, 1.54) is 5.69 Å². The van der Waals surface area contributed by atoms with Gasteiger partial charge in [-0.2, -0.15) is 5.26 Å². The maximum Gasteiger partial charge on any atom is 0.319 e. The van der Waals surface area contributed by atoms with Gasteiger partial charge in [-0.15, -0.1) is 11.3 Å². The summed E-state index contributed by atoms with van der Waals surface area (Å²) < 4.78 is 14.5. The first-order valence-electron chi connectivity index (χ1n) is 11.3. The van der Waals surface area contributed by atoms with Gasteiger partial charge in [0, 0.05) is 47.3 Å². The molecule has 2 aromatic carbocycles. The Hall–Kier alpha value is -3.15. The summed E-state index contributed by atoms with van der Waals surface area (Å²) in [5.41, 5.74) is 2.35. The molecule has 6 nitrogen and oxygen atoms in total. The summed E-state index contributed by atoms with van der Waals surface area (Å²) >= 11 is 1.60. The number of nitrogens with one attached hydrogen (secondary N) is 2. The Morgan fingerprint density at radius 1 is 1.12 bits per heavy atom. The van der Waals surface area contributed by atoms with Crippen molar-refractivity contribution in [1.82, 2.24) is 10.2 Å². The number of nitrogens with zero attached hydrogens (tertiary/aromatic N) is 3. The van der Waals surface area contributed by atoms with E-state index >= 15 is 0 Å². The number of thiophene rings is 1. The van der Waals surface area contributed by atoms with E-state index in [1.807, 2.05) is 6.07 Å². The Morgan fingerprint density at radius 3 is 2.91 bits per heavy atom. The fourth-order valence-electron chi connectivity index (χ4n) is 4.17. The minimum absolute atomic E-state index is 0.182. The zero-order chi connectivity index (χ0) is 23.0. The number of amides is 2. The Kier molecular flexibility index (Phi) is 7.76. The number of unbranched alkanes of at least 4 members (excludes halogenated alkanes) is 1. The van der Waals surface area contributed by atoms with Crippen molar-refractivity contribution >= 4 is 38.8 Å². The standard InChI is InChI=1S/C25H28FN5OS/c26-20-7-8-22-23(18-33-24(22)16-20)31-12-4-11-30(13-14-31)10-2-1-9-28-25(32)29-21-6-3-5-19(15-21)17-27/h3,5-8,15-16,18H,1-2,4,9-14H2,(H2,28,29,32). The number of carbonyl (C=O) groups is 1. The lowest BCUT2D eigenvalue weighted by Crippen LogP contribution is -2.32. The van der Waals surface area contributed by atoms with Crippen molar-refractivity contribution in [2.45, 2.75) is 19.3 Å². The monoisotopic (exact) mass is 465 g/mol. The molecule has 2 N–H and O–H groups in total. The van der Waals surface area contributed by atoms with E-state index in [0.717, 1.165) is 62.1 Å². The lowest BCUT2D eigenvalue weighted by Gasteiger charge is -2.23. The van der Waals surface area contributed by atoms with Gasteiger partial charge in [-0.25, -0.2) is 9.18 Å². The molecule has 0 aliphatic carbocycles. The van der Waals surface area contributed by atoms with Crippen LogP contribution in [-0.4, -0.2) is 50.2 Å². The van der Waals surface area contributed by atoms with Gasteiger partial charge in [0.2, 0.25) is 0 Å². The summed E-state index contributed by atoms with van der Waals surface area (Å²) in [6.45, 7) is 5.66. The molecule has 0 spiro atoms. The van der Waals surface area contributed by atoms with E-state index in [9.17, 15) is 9.18 Å². The molecule has 1 aromatic heterocycles. The molecule has 4 rings (SSSR count). The second-order valence-corrected chi connectivity index (χ2v) is 9.14. The van der Waals surface area contributed by atoms with Crippen molar-refractivity contribution < 1.29 is 9.18 Å². The Bertz CT molecular complexity index is 1140. The van der Waals surface area contributed by atoms with Gasteiger partial charge in [0.15, 0.2) is 0 Å². The highest BCUT2D eigenvalue weighted by molar-refractivity contribution is 7.17. The van der Waals surface area contributed by atoms with Crippen molar-refractivity contribution in [2.24, 2.45) is 0 Å². The topological polar surface area (TPSA) is 71.4 Å². The number of fused-ring (bicyclic) bond motifs is 1. The third-order valence-electron chi connectivity index (χ3n) is 5.88. The normalized spacial score (nSPS) is 14.6. The van der Waals surface area contributed by atoms with Crippen LogP contribution < -0.4 is 15.5 Å². The van der Waals surface area contributed by atoms with Crippen molar-refractivity contribution in [3.05, 3.63) is 59.2 Å². The highest BCUT2D eigenvalue weighted by atomic mass is 32.1. The van der Waals surface area contributed by atoms with Crippen LogP contribution in [-0.2, 0) is 0 Å². The molecule has 2 amide bonds. The number of anilines is 2. The summed E-state index contributed by atoms with van der Waals surface area (Å²) in [6.07, 6.45) is 3.03. The van der Waals surface area contributed by atoms with Gasteiger partial charge < -0.3 is 20.4 Å². The molecule has 2 heterocycles. The molecule has 1 saturated heterocycles. The van der Waals surface area contributed by atoms with Crippen LogP contribution in [0.1, 0.15) is 24.8 Å². The molecular weight excluding hydrogens is 437 g/mol. The fourth-order valence-corrected chi connectivity index (χ4v) is 5.17. The molecule has 8 heteroatoms. The predicted octanol–water partition coefficient (Wildman–Crippen LogP) is 5.03. The number of hydrogen-bond donors (Lipinski definition) is 2. The van der Waals surface area contributed by atoms with E-state index in [0.29, 0.717) is 17.8 Å². The first-order valence-corrected chi connectivity index (χ1v) is 12.2. The minimum atomic E-state index is -0.252. The lowest BCUT2D eigenvalue weighted by atomic mass is 10.2. The van der Waals surface area contributed by atoms with E-state index in [1.54, 1.807) is 47.7 Å². The quantitative estimate of drug-likeness (QED) is 0.481. The molecule has 0 saturated carbocycles. The van der Waals surface area contributed by atoms with E-state index < -0.39 is 0 Å². The zero-order valence-electron chi connectivity index (χ0n) is 18.5. The van der Waals surface area contributed by atoms with Crippen molar-refractivity contribution in [1.29, 1.82) is 5.26 Å². The van der Waals surface area contributed by atoms with E-state index in [-0.39, 0.29) is 11.8 Å². The number of hydrogen-bond acceptors (Lipinski definition) is 5. The summed E-state index contributed by atoms with van der Waals surface area (Å²) in [7, 11) is 0. The molecule has 172 valence electrons. The van der Waals surface area contributed by atoms with Crippen LogP contribution in [0.25, 0.3) is 10.1 Å². The summed E-state index contributed by atoms with van der Waals surface area (Å²) in [5.74, 6) is -0.182. The maximum atomic E-state index is 13.5. The smallest absolute Gasteiger partial charge is 0.319 e. The number of urea groups is 1. The van der Waals surface area contributed by atoms with Gasteiger partial charge in [0.1, 0.15) is 5.82 Å². The number of halogens is 1. The first kappa shape index (κ1) is 23.0. The third-order valence-corrected chi connectivity index (χ3v) is 6.82. The predicted molar refractivity (Wildman–Crippen MR) is 132 cm³/mol. The Morgan fingerprint density at radius 2 is 2.03 bits per heavy atom. The zero-order valence-corrected chi connectivity index (χ0v) is 19.3. The molecule has 3 aromatic rings. The molecule has 0 atom stereocenters. The van der Waals surface area contributed by atoms with Crippen LogP contribution in [0.2, 0.25) is 0 Å². The fraction of sp³-hybridized carbons (Fsp3) is 0.360. The average molecular weight is 466 g/mol. The van der Waals surface area contributed by atoms with Crippen LogP contribution in [0.15, 0.2) is 47.8 Å². The van der Waals surface area contributed by atoms with Gasteiger partial charge in [-0.1, -0.05) is 6.07 Å². The summed E-state index contributed by atoms with van der Waals surface area (Å²) in [6, 6.07) is 13.7. The van der Waals surface area contributed by atoms with Crippen LogP contribution >= 0.6 is 11.3 Å². The number of benzene rings is 2. The molecular formula is C25H28FN5OS. The number of rotatable bonds is 7. The van der Waals surface area contributed by atoms with Crippen molar-refractivity contribution in [3.8, 4) is 6.07 Å². The molecule has 0 bridgehead atoms. The first-order chi connectivity index (χ1) is 16.1. The molecule has 0 unspecified atom stereocenters. The SMILES string of the molecule is N#Cc1cccc(NC(=O)NCCCCN2CCCN(c3csc4cc(F)ccc34)CC2)c1. The van der Waals surface area contributed by atoms with Crippen molar-refractivity contribution in [3.63, 3.8) is 0 Å².